The van der Waals surface area contributed by atoms with Crippen LogP contribution in [0.25, 0.3) is 5.70 Å². The first-order valence-electron chi connectivity index (χ1n) is 5.08. The number of nitrogen functional groups attached to an aromatic ring is 1. The number of hydrogen-bond donors (Lipinski definition) is 2. The standard InChI is InChI=1S/C11H9F7N2/c1-5(20-4-10(14,15)11(16,17)18)8-6(12)2-3-7(19)9(8)13/h2-3,20H,1,4,19H2. The van der Waals surface area contributed by atoms with E-state index in [1.54, 1.807) is 5.32 Å². The Morgan fingerprint density at radius 3 is 2.20 bits per heavy atom. The summed E-state index contributed by atoms with van der Waals surface area (Å²) in [5, 5.41) is 1.55. The van der Waals surface area contributed by atoms with Crippen LogP contribution < -0.4 is 11.1 Å². The average Bonchev–Trinajstić information content (AvgIpc) is 2.30. The van der Waals surface area contributed by atoms with Crippen molar-refractivity contribution < 1.29 is 30.7 Å². The van der Waals surface area contributed by atoms with E-state index in [2.05, 4.69) is 6.58 Å². The predicted octanol–water partition coefficient (Wildman–Crippen LogP) is 3.30. The largest absolute Gasteiger partial charge is 0.455 e. The normalized spacial score (nSPS) is 12.3. The third-order valence-corrected chi connectivity index (χ3v) is 2.36. The molecule has 1 rings (SSSR count). The first-order chi connectivity index (χ1) is 8.97. The first-order valence-corrected chi connectivity index (χ1v) is 5.08. The molecule has 0 saturated carbocycles. The van der Waals surface area contributed by atoms with Crippen LogP contribution in [0.4, 0.5) is 36.4 Å². The van der Waals surface area contributed by atoms with Crippen LogP contribution in [0.2, 0.25) is 0 Å². The molecule has 0 aliphatic carbocycles. The summed E-state index contributed by atoms with van der Waals surface area (Å²) >= 11 is 0. The molecule has 9 heteroatoms. The molecule has 112 valence electrons. The second-order valence-electron chi connectivity index (χ2n) is 3.86. The summed E-state index contributed by atoms with van der Waals surface area (Å²) < 4.78 is 87.9. The van der Waals surface area contributed by atoms with Crippen LogP contribution in [0.5, 0.6) is 0 Å². The highest BCUT2D eigenvalue weighted by Gasteiger charge is 2.57. The Morgan fingerprint density at radius 2 is 1.70 bits per heavy atom. The maximum Gasteiger partial charge on any atom is 0.455 e. The van der Waals surface area contributed by atoms with Crippen molar-refractivity contribution in [3.05, 3.63) is 35.9 Å². The molecule has 2 nitrogen and oxygen atoms in total. The Morgan fingerprint density at radius 1 is 1.15 bits per heavy atom. The highest BCUT2D eigenvalue weighted by Crippen LogP contribution is 2.35. The summed E-state index contributed by atoms with van der Waals surface area (Å²) in [6, 6.07) is 1.62. The van der Waals surface area contributed by atoms with E-state index in [4.69, 9.17) is 5.73 Å². The van der Waals surface area contributed by atoms with Gasteiger partial charge in [0, 0.05) is 5.70 Å². The van der Waals surface area contributed by atoms with E-state index >= 15 is 0 Å². The summed E-state index contributed by atoms with van der Waals surface area (Å²) in [5.74, 6) is -7.55. The van der Waals surface area contributed by atoms with Crippen molar-refractivity contribution in [3.63, 3.8) is 0 Å². The van der Waals surface area contributed by atoms with Gasteiger partial charge in [0.25, 0.3) is 0 Å². The molecule has 20 heavy (non-hydrogen) atoms. The van der Waals surface area contributed by atoms with Crippen molar-refractivity contribution in [2.75, 3.05) is 12.3 Å². The van der Waals surface area contributed by atoms with E-state index in [0.29, 0.717) is 0 Å². The Bertz CT molecular complexity index is 522. The summed E-state index contributed by atoms with van der Waals surface area (Å²) in [7, 11) is 0. The monoisotopic (exact) mass is 302 g/mol. The van der Waals surface area contributed by atoms with Crippen LogP contribution in [0.15, 0.2) is 18.7 Å². The van der Waals surface area contributed by atoms with E-state index < -0.39 is 47.2 Å². The van der Waals surface area contributed by atoms with Gasteiger partial charge in [0.15, 0.2) is 5.82 Å². The fraction of sp³-hybridized carbons (Fsp3) is 0.273. The van der Waals surface area contributed by atoms with Gasteiger partial charge in [0.1, 0.15) is 5.82 Å². The van der Waals surface area contributed by atoms with Gasteiger partial charge in [-0.2, -0.15) is 22.0 Å². The van der Waals surface area contributed by atoms with Gasteiger partial charge < -0.3 is 11.1 Å². The molecule has 0 saturated heterocycles. The molecule has 0 radical (unpaired) electrons. The van der Waals surface area contributed by atoms with Gasteiger partial charge in [0.05, 0.1) is 17.8 Å². The molecule has 0 aliphatic rings. The molecule has 0 aliphatic heterocycles. The fourth-order valence-corrected chi connectivity index (χ4v) is 1.25. The molecule has 1 aromatic carbocycles. The average molecular weight is 302 g/mol. The molecule has 0 fully saturated rings. The summed E-state index contributed by atoms with van der Waals surface area (Å²) in [6.45, 7) is 1.13. The molecule has 0 bridgehead atoms. The number of anilines is 1. The summed E-state index contributed by atoms with van der Waals surface area (Å²) in [4.78, 5) is 0. The zero-order valence-corrected chi connectivity index (χ0v) is 9.79. The number of nitrogens with two attached hydrogens (primary N) is 1. The number of halogens is 7. The van der Waals surface area contributed by atoms with Crippen molar-refractivity contribution in [1.82, 2.24) is 5.32 Å². The lowest BCUT2D eigenvalue weighted by Crippen LogP contribution is -2.44. The second-order valence-corrected chi connectivity index (χ2v) is 3.86. The van der Waals surface area contributed by atoms with E-state index in [1.165, 1.54) is 0 Å². The zero-order valence-electron chi connectivity index (χ0n) is 9.79. The lowest BCUT2D eigenvalue weighted by molar-refractivity contribution is -0.278. The van der Waals surface area contributed by atoms with Crippen LogP contribution in [-0.2, 0) is 0 Å². The van der Waals surface area contributed by atoms with Gasteiger partial charge >= 0.3 is 12.1 Å². The van der Waals surface area contributed by atoms with Gasteiger partial charge in [-0.05, 0) is 12.1 Å². The fourth-order valence-electron chi connectivity index (χ4n) is 1.25. The van der Waals surface area contributed by atoms with Crippen molar-refractivity contribution in [2.45, 2.75) is 12.1 Å². The number of nitrogens with one attached hydrogen (secondary N) is 1. The maximum absolute atomic E-state index is 13.5. The van der Waals surface area contributed by atoms with E-state index in [1.807, 2.05) is 0 Å². The highest BCUT2D eigenvalue weighted by molar-refractivity contribution is 5.66. The van der Waals surface area contributed by atoms with Crippen molar-refractivity contribution in [1.29, 1.82) is 0 Å². The molecule has 0 atom stereocenters. The third kappa shape index (κ3) is 3.14. The molecule has 3 N–H and O–H groups in total. The number of benzene rings is 1. The Kier molecular flexibility index (Phi) is 4.21. The van der Waals surface area contributed by atoms with Crippen molar-refractivity contribution in [2.24, 2.45) is 0 Å². The highest BCUT2D eigenvalue weighted by atomic mass is 19.4. The van der Waals surface area contributed by atoms with Gasteiger partial charge in [-0.25, -0.2) is 8.78 Å². The Balaban J connectivity index is 2.92. The third-order valence-electron chi connectivity index (χ3n) is 2.36. The Labute approximate surface area is 109 Å². The zero-order chi connectivity index (χ0) is 15.7. The topological polar surface area (TPSA) is 38.0 Å². The number of hydrogen-bond acceptors (Lipinski definition) is 2. The van der Waals surface area contributed by atoms with Gasteiger partial charge in [-0.1, -0.05) is 6.58 Å². The molecule has 0 aromatic heterocycles. The lowest BCUT2D eigenvalue weighted by Gasteiger charge is -2.21. The SMILES string of the molecule is C=C(NCC(F)(F)C(F)(F)F)c1c(F)ccc(N)c1F. The number of rotatable bonds is 4. The number of alkyl halides is 5. The molecule has 0 unspecified atom stereocenters. The van der Waals surface area contributed by atoms with Gasteiger partial charge in [-0.3, -0.25) is 0 Å². The van der Waals surface area contributed by atoms with Crippen LogP contribution in [0.1, 0.15) is 5.56 Å². The molecule has 0 spiro atoms. The second kappa shape index (κ2) is 5.22. The summed E-state index contributed by atoms with van der Waals surface area (Å²) in [5.41, 5.74) is 2.99. The minimum atomic E-state index is -5.78. The minimum Gasteiger partial charge on any atom is -0.396 e. The van der Waals surface area contributed by atoms with Crippen molar-refractivity contribution in [3.8, 4) is 0 Å². The predicted molar refractivity (Wildman–Crippen MR) is 58.8 cm³/mol. The summed E-state index contributed by atoms with van der Waals surface area (Å²) in [6.07, 6.45) is -5.78. The van der Waals surface area contributed by atoms with E-state index in [9.17, 15) is 30.7 Å². The lowest BCUT2D eigenvalue weighted by atomic mass is 10.1. The molecular weight excluding hydrogens is 293 g/mol. The Hall–Kier alpha value is -1.93. The molecule has 0 amide bonds. The van der Waals surface area contributed by atoms with E-state index in [0.717, 1.165) is 12.1 Å². The quantitative estimate of drug-likeness (QED) is 0.661. The molecular formula is C11H9F7N2. The van der Waals surface area contributed by atoms with Gasteiger partial charge in [-0.15, -0.1) is 0 Å². The minimum absolute atomic E-state index is 0.494. The smallest absolute Gasteiger partial charge is 0.396 e. The molecule has 0 heterocycles. The van der Waals surface area contributed by atoms with Crippen LogP contribution >= 0.6 is 0 Å². The van der Waals surface area contributed by atoms with Crippen LogP contribution in [-0.4, -0.2) is 18.6 Å². The van der Waals surface area contributed by atoms with Crippen molar-refractivity contribution >= 4 is 11.4 Å². The van der Waals surface area contributed by atoms with Crippen LogP contribution in [0.3, 0.4) is 0 Å². The molecule has 1 aromatic rings. The van der Waals surface area contributed by atoms with E-state index in [-0.39, 0.29) is 0 Å². The maximum atomic E-state index is 13.5. The van der Waals surface area contributed by atoms with Gasteiger partial charge in [0.2, 0.25) is 0 Å². The van der Waals surface area contributed by atoms with Crippen LogP contribution in [0, 0.1) is 11.6 Å². The first kappa shape index (κ1) is 16.1.